The first-order chi connectivity index (χ1) is 13.0. The maximum atomic E-state index is 12.4. The number of likely N-dealkylation sites (N-methyl/N-ethyl adjacent to an activating group) is 1. The molecule has 27 heavy (non-hydrogen) atoms. The van der Waals surface area contributed by atoms with E-state index >= 15 is 0 Å². The number of morpholine rings is 1. The number of ether oxygens (including phenoxy) is 1. The minimum Gasteiger partial charge on any atom is -0.378 e. The number of quaternary nitrogens is 1. The van der Waals surface area contributed by atoms with Crippen molar-refractivity contribution in [3.8, 4) is 0 Å². The van der Waals surface area contributed by atoms with Gasteiger partial charge in [0.15, 0.2) is 6.54 Å². The SMILES string of the molecule is C[C@@H](c1ccccc1Cl)[NH+](C)CC(=O)Nc1ccc(N2CCOCC2)cc1. The molecule has 0 radical (unpaired) electrons. The molecule has 0 spiro atoms. The molecule has 144 valence electrons. The zero-order valence-electron chi connectivity index (χ0n) is 15.9. The number of carbonyl (C=O) groups is 1. The Morgan fingerprint density at radius 2 is 1.85 bits per heavy atom. The highest BCUT2D eigenvalue weighted by molar-refractivity contribution is 6.31. The van der Waals surface area contributed by atoms with Crippen molar-refractivity contribution >= 4 is 28.9 Å². The van der Waals surface area contributed by atoms with Crippen LogP contribution in [0.3, 0.4) is 0 Å². The summed E-state index contributed by atoms with van der Waals surface area (Å²) in [5.74, 6) is -0.00877. The summed E-state index contributed by atoms with van der Waals surface area (Å²) in [6.45, 7) is 5.78. The molecular weight excluding hydrogens is 362 g/mol. The molecule has 2 aromatic carbocycles. The van der Waals surface area contributed by atoms with Gasteiger partial charge < -0.3 is 19.9 Å². The third-order valence-corrected chi connectivity index (χ3v) is 5.42. The lowest BCUT2D eigenvalue weighted by Gasteiger charge is -2.29. The van der Waals surface area contributed by atoms with Crippen molar-refractivity contribution in [3.05, 3.63) is 59.1 Å². The van der Waals surface area contributed by atoms with Gasteiger partial charge >= 0.3 is 0 Å². The van der Waals surface area contributed by atoms with E-state index in [1.165, 1.54) is 0 Å². The molecule has 5 nitrogen and oxygen atoms in total. The Balaban J connectivity index is 1.54. The Morgan fingerprint density at radius 1 is 1.19 bits per heavy atom. The molecule has 0 aromatic heterocycles. The van der Waals surface area contributed by atoms with E-state index in [2.05, 4.69) is 17.1 Å². The summed E-state index contributed by atoms with van der Waals surface area (Å²) in [4.78, 5) is 15.8. The summed E-state index contributed by atoms with van der Waals surface area (Å²) < 4.78 is 5.38. The normalized spacial score (nSPS) is 16.6. The van der Waals surface area contributed by atoms with Crippen molar-refractivity contribution in [1.29, 1.82) is 0 Å². The first-order valence-corrected chi connectivity index (χ1v) is 9.72. The molecule has 0 bridgehead atoms. The first-order valence-electron chi connectivity index (χ1n) is 9.34. The molecule has 1 aliphatic heterocycles. The number of nitrogens with one attached hydrogen (secondary N) is 2. The molecule has 1 unspecified atom stereocenters. The van der Waals surface area contributed by atoms with Gasteiger partial charge in [0, 0.05) is 35.1 Å². The Hall–Kier alpha value is -2.08. The predicted octanol–water partition coefficient (Wildman–Crippen LogP) is 2.39. The van der Waals surface area contributed by atoms with Gasteiger partial charge in [-0.25, -0.2) is 0 Å². The summed E-state index contributed by atoms with van der Waals surface area (Å²) in [6, 6.07) is 15.9. The molecule has 3 rings (SSSR count). The number of hydrogen-bond acceptors (Lipinski definition) is 3. The number of amides is 1. The van der Waals surface area contributed by atoms with Crippen LogP contribution in [-0.4, -0.2) is 45.8 Å². The average Bonchev–Trinajstić information content (AvgIpc) is 2.69. The van der Waals surface area contributed by atoms with Crippen LogP contribution in [0.4, 0.5) is 11.4 Å². The standard InChI is InChI=1S/C21H26ClN3O2/c1-16(19-5-3-4-6-20(19)22)24(2)15-21(26)23-17-7-9-18(10-8-17)25-11-13-27-14-12-25/h3-10,16H,11-15H2,1-2H3,(H,23,26)/p+1/t16-/m0/s1. The van der Waals surface area contributed by atoms with E-state index < -0.39 is 0 Å². The van der Waals surface area contributed by atoms with Crippen LogP contribution in [0.5, 0.6) is 0 Å². The second-order valence-electron chi connectivity index (χ2n) is 6.96. The van der Waals surface area contributed by atoms with E-state index in [4.69, 9.17) is 16.3 Å². The molecule has 6 heteroatoms. The zero-order chi connectivity index (χ0) is 19.2. The fraction of sp³-hybridized carbons (Fsp3) is 0.381. The summed E-state index contributed by atoms with van der Waals surface area (Å²) in [6.07, 6.45) is 0. The van der Waals surface area contributed by atoms with Gasteiger partial charge in [-0.05, 0) is 37.3 Å². The number of nitrogens with zero attached hydrogens (tertiary/aromatic N) is 1. The van der Waals surface area contributed by atoms with E-state index in [0.29, 0.717) is 6.54 Å². The number of hydrogen-bond donors (Lipinski definition) is 2. The second-order valence-corrected chi connectivity index (χ2v) is 7.37. The molecule has 2 N–H and O–H groups in total. The largest absolute Gasteiger partial charge is 0.378 e. The van der Waals surface area contributed by atoms with Gasteiger partial charge in [-0.2, -0.15) is 0 Å². The van der Waals surface area contributed by atoms with Crippen LogP contribution in [0, 0.1) is 0 Å². The van der Waals surface area contributed by atoms with Gasteiger partial charge in [-0.15, -0.1) is 0 Å². The molecule has 1 heterocycles. The van der Waals surface area contributed by atoms with Gasteiger partial charge in [0.2, 0.25) is 0 Å². The average molecular weight is 389 g/mol. The molecule has 1 aliphatic rings. The van der Waals surface area contributed by atoms with Crippen LogP contribution in [0.25, 0.3) is 0 Å². The number of anilines is 2. The molecule has 1 amide bonds. The number of carbonyl (C=O) groups excluding carboxylic acids is 1. The van der Waals surface area contributed by atoms with Crippen LogP contribution in [0.15, 0.2) is 48.5 Å². The molecule has 2 atom stereocenters. The van der Waals surface area contributed by atoms with Gasteiger partial charge in [0.25, 0.3) is 5.91 Å². The van der Waals surface area contributed by atoms with Crippen molar-refractivity contribution in [2.24, 2.45) is 0 Å². The molecule has 2 aromatic rings. The predicted molar refractivity (Wildman–Crippen MR) is 110 cm³/mol. The van der Waals surface area contributed by atoms with Crippen LogP contribution in [-0.2, 0) is 9.53 Å². The molecule has 0 aliphatic carbocycles. The number of rotatable bonds is 6. The minimum atomic E-state index is -0.00877. The second kappa shape index (κ2) is 9.22. The maximum absolute atomic E-state index is 12.4. The summed E-state index contributed by atoms with van der Waals surface area (Å²) in [5.41, 5.74) is 3.03. The molecule has 1 fully saturated rings. The number of benzene rings is 2. The van der Waals surface area contributed by atoms with Gasteiger partial charge in [-0.3, -0.25) is 4.79 Å². The van der Waals surface area contributed by atoms with E-state index in [9.17, 15) is 4.79 Å². The topological polar surface area (TPSA) is 46.0 Å². The van der Waals surface area contributed by atoms with Crippen LogP contribution in [0.1, 0.15) is 18.5 Å². The van der Waals surface area contributed by atoms with E-state index in [1.54, 1.807) is 0 Å². The van der Waals surface area contributed by atoms with Crippen molar-refractivity contribution < 1.29 is 14.4 Å². The quantitative estimate of drug-likeness (QED) is 0.798. The van der Waals surface area contributed by atoms with Crippen LogP contribution in [0.2, 0.25) is 5.02 Å². The molecule has 0 saturated carbocycles. The Labute approximate surface area is 165 Å². The van der Waals surface area contributed by atoms with Crippen LogP contribution >= 0.6 is 11.6 Å². The fourth-order valence-corrected chi connectivity index (χ4v) is 3.58. The van der Waals surface area contributed by atoms with E-state index in [0.717, 1.165) is 53.2 Å². The molecular formula is C21H27ClN3O2+. The lowest BCUT2D eigenvalue weighted by atomic mass is 10.1. The van der Waals surface area contributed by atoms with Gasteiger partial charge in [0.05, 0.1) is 20.3 Å². The molecule has 1 saturated heterocycles. The first kappa shape index (κ1) is 19.7. The monoisotopic (exact) mass is 388 g/mol. The Bertz CT molecular complexity index is 760. The summed E-state index contributed by atoms with van der Waals surface area (Å²) in [7, 11) is 2.01. The Morgan fingerprint density at radius 3 is 2.52 bits per heavy atom. The third-order valence-electron chi connectivity index (χ3n) is 5.08. The lowest BCUT2D eigenvalue weighted by molar-refractivity contribution is -0.902. The van der Waals surface area contributed by atoms with Crippen molar-refractivity contribution in [3.63, 3.8) is 0 Å². The van der Waals surface area contributed by atoms with Gasteiger partial charge in [0.1, 0.15) is 6.04 Å². The van der Waals surface area contributed by atoms with E-state index in [-0.39, 0.29) is 11.9 Å². The third kappa shape index (κ3) is 5.22. The van der Waals surface area contributed by atoms with E-state index in [1.807, 2.05) is 55.6 Å². The lowest BCUT2D eigenvalue weighted by Crippen LogP contribution is -3.10. The zero-order valence-corrected chi connectivity index (χ0v) is 16.6. The van der Waals surface area contributed by atoms with Gasteiger partial charge in [-0.1, -0.05) is 29.8 Å². The van der Waals surface area contributed by atoms with Crippen LogP contribution < -0.4 is 15.1 Å². The Kier molecular flexibility index (Phi) is 6.72. The number of halogens is 1. The maximum Gasteiger partial charge on any atom is 0.279 e. The highest BCUT2D eigenvalue weighted by atomic mass is 35.5. The summed E-state index contributed by atoms with van der Waals surface area (Å²) >= 11 is 6.28. The smallest absolute Gasteiger partial charge is 0.279 e. The fourth-order valence-electron chi connectivity index (χ4n) is 3.28. The highest BCUT2D eigenvalue weighted by Crippen LogP contribution is 2.20. The minimum absolute atomic E-state index is 0.00877. The highest BCUT2D eigenvalue weighted by Gasteiger charge is 2.20. The van der Waals surface area contributed by atoms with Crippen molar-refractivity contribution in [2.45, 2.75) is 13.0 Å². The summed E-state index contributed by atoms with van der Waals surface area (Å²) in [5, 5.41) is 3.73. The van der Waals surface area contributed by atoms with Crippen molar-refractivity contribution in [2.75, 3.05) is 50.1 Å². The van der Waals surface area contributed by atoms with Crippen molar-refractivity contribution in [1.82, 2.24) is 0 Å².